The van der Waals surface area contributed by atoms with Gasteiger partial charge in [-0.25, -0.2) is 17.6 Å². The number of carbonyl (C=O) groups is 1. The van der Waals surface area contributed by atoms with Gasteiger partial charge in [-0.2, -0.15) is 0 Å². The molecule has 1 amide bonds. The maximum absolute atomic E-state index is 15.2. The fraction of sp³-hybridized carbons (Fsp3) is 0.409. The molecule has 4 rings (SSSR count). The van der Waals surface area contributed by atoms with Crippen molar-refractivity contribution in [3.63, 3.8) is 0 Å². The van der Waals surface area contributed by atoms with Crippen molar-refractivity contribution in [3.8, 4) is 11.1 Å². The summed E-state index contributed by atoms with van der Waals surface area (Å²) in [5.41, 5.74) is 0.412. The normalized spacial score (nSPS) is 26.4. The number of nitrogens with zero attached hydrogens (tertiary/aromatic N) is 1. The molecule has 2 heterocycles. The maximum atomic E-state index is 15.2. The first-order valence-electron chi connectivity index (χ1n) is 9.65. The molecular weight excluding hydrogens is 386 g/mol. The monoisotopic (exact) mass is 407 g/mol. The number of halogens is 4. The third-order valence-electron chi connectivity index (χ3n) is 5.89. The van der Waals surface area contributed by atoms with Crippen molar-refractivity contribution < 1.29 is 27.1 Å². The van der Waals surface area contributed by atoms with Gasteiger partial charge in [0.1, 0.15) is 29.7 Å². The van der Waals surface area contributed by atoms with Crippen LogP contribution in [0.4, 0.5) is 17.6 Å². The molecule has 29 heavy (non-hydrogen) atoms. The van der Waals surface area contributed by atoms with Gasteiger partial charge in [0.15, 0.2) is 0 Å². The first kappa shape index (κ1) is 19.9. The lowest BCUT2D eigenvalue weighted by atomic mass is 9.92. The van der Waals surface area contributed by atoms with Crippen LogP contribution in [0.25, 0.3) is 11.1 Å². The van der Waals surface area contributed by atoms with Crippen molar-refractivity contribution in [2.45, 2.75) is 38.1 Å². The molecule has 0 N–H and O–H groups in total. The van der Waals surface area contributed by atoms with E-state index in [4.69, 9.17) is 4.74 Å². The van der Waals surface area contributed by atoms with Crippen LogP contribution in [0.15, 0.2) is 36.4 Å². The third kappa shape index (κ3) is 3.75. The molecule has 2 fully saturated rings. The lowest BCUT2D eigenvalue weighted by Gasteiger charge is -2.33. The molecule has 2 aromatic carbocycles. The zero-order valence-corrected chi connectivity index (χ0v) is 15.9. The standard InChI is InChI=1S/C22H21F4NO2/c1-12-18(25)11-27(22(28)20-5-6-29-20)19(12)9-13-3-2-4-17(21(13)26)14-7-15(23)10-16(24)8-14/h2-4,7-8,10,12,18-20H,5-6,9,11H2,1H3/t12?,18-,19-,20?/m0/s1. The van der Waals surface area contributed by atoms with E-state index in [0.29, 0.717) is 13.0 Å². The molecule has 0 saturated carbocycles. The summed E-state index contributed by atoms with van der Waals surface area (Å²) in [5.74, 6) is -2.96. The van der Waals surface area contributed by atoms with Gasteiger partial charge >= 0.3 is 0 Å². The summed E-state index contributed by atoms with van der Waals surface area (Å²) < 4.78 is 61.9. The molecule has 2 aliphatic heterocycles. The molecule has 2 aliphatic rings. The van der Waals surface area contributed by atoms with Crippen molar-refractivity contribution in [2.75, 3.05) is 13.2 Å². The predicted octanol–water partition coefficient (Wildman–Crippen LogP) is 4.29. The van der Waals surface area contributed by atoms with Gasteiger partial charge in [-0.05, 0) is 29.7 Å². The van der Waals surface area contributed by atoms with Crippen LogP contribution >= 0.6 is 0 Å². The van der Waals surface area contributed by atoms with Gasteiger partial charge < -0.3 is 9.64 Å². The molecule has 2 saturated heterocycles. The summed E-state index contributed by atoms with van der Waals surface area (Å²) in [6.07, 6.45) is -1.05. The van der Waals surface area contributed by atoms with Gasteiger partial charge in [0.25, 0.3) is 5.91 Å². The first-order valence-corrected chi connectivity index (χ1v) is 9.65. The molecule has 0 bridgehead atoms. The maximum Gasteiger partial charge on any atom is 0.252 e. The van der Waals surface area contributed by atoms with Gasteiger partial charge in [0.2, 0.25) is 0 Å². The van der Waals surface area contributed by atoms with E-state index in [-0.39, 0.29) is 35.6 Å². The Hall–Kier alpha value is -2.41. The highest BCUT2D eigenvalue weighted by molar-refractivity contribution is 5.82. The number of carbonyl (C=O) groups excluding carboxylic acids is 1. The van der Waals surface area contributed by atoms with Gasteiger partial charge in [0.05, 0.1) is 13.2 Å². The number of hydrogen-bond acceptors (Lipinski definition) is 2. The fourth-order valence-electron chi connectivity index (χ4n) is 4.07. The van der Waals surface area contributed by atoms with E-state index in [1.165, 1.54) is 11.0 Å². The van der Waals surface area contributed by atoms with Crippen LogP contribution in [-0.4, -0.2) is 42.3 Å². The molecule has 7 heteroatoms. The third-order valence-corrected chi connectivity index (χ3v) is 5.89. The van der Waals surface area contributed by atoms with E-state index in [2.05, 4.69) is 0 Å². The highest BCUT2D eigenvalue weighted by atomic mass is 19.1. The van der Waals surface area contributed by atoms with Crippen LogP contribution in [0.5, 0.6) is 0 Å². The number of alkyl halides is 1. The van der Waals surface area contributed by atoms with Crippen molar-refractivity contribution >= 4 is 5.91 Å². The van der Waals surface area contributed by atoms with E-state index in [1.807, 2.05) is 0 Å². The number of ether oxygens (including phenoxy) is 1. The molecule has 0 spiro atoms. The van der Waals surface area contributed by atoms with Crippen LogP contribution in [0.1, 0.15) is 18.9 Å². The van der Waals surface area contributed by atoms with Crippen molar-refractivity contribution in [3.05, 3.63) is 59.4 Å². The van der Waals surface area contributed by atoms with Crippen LogP contribution in [0.3, 0.4) is 0 Å². The van der Waals surface area contributed by atoms with E-state index >= 15 is 4.39 Å². The Kier molecular flexibility index (Phi) is 5.34. The Morgan fingerprint density at radius 3 is 2.48 bits per heavy atom. The molecule has 2 unspecified atom stereocenters. The number of amides is 1. The minimum atomic E-state index is -1.20. The predicted molar refractivity (Wildman–Crippen MR) is 99.4 cm³/mol. The van der Waals surface area contributed by atoms with Crippen LogP contribution in [-0.2, 0) is 16.0 Å². The average Bonchev–Trinajstić information content (AvgIpc) is 2.89. The summed E-state index contributed by atoms with van der Waals surface area (Å²) >= 11 is 0. The molecule has 0 radical (unpaired) electrons. The quantitative estimate of drug-likeness (QED) is 0.708. The lowest BCUT2D eigenvalue weighted by molar-refractivity contribution is -0.157. The topological polar surface area (TPSA) is 29.5 Å². The number of hydrogen-bond donors (Lipinski definition) is 0. The van der Waals surface area contributed by atoms with Crippen LogP contribution in [0.2, 0.25) is 0 Å². The minimum Gasteiger partial charge on any atom is -0.368 e. The Labute approximate surface area is 166 Å². The number of rotatable bonds is 4. The smallest absolute Gasteiger partial charge is 0.252 e. The van der Waals surface area contributed by atoms with E-state index in [9.17, 15) is 18.0 Å². The SMILES string of the molecule is CC1[C@@H](F)CN(C(=O)C2CCO2)[C@H]1Cc1cccc(-c2cc(F)cc(F)c2)c1F. The van der Waals surface area contributed by atoms with Crippen molar-refractivity contribution in [1.82, 2.24) is 4.90 Å². The Balaban J connectivity index is 1.63. The van der Waals surface area contributed by atoms with Crippen LogP contribution < -0.4 is 0 Å². The first-order chi connectivity index (χ1) is 13.8. The van der Waals surface area contributed by atoms with Gasteiger partial charge in [-0.15, -0.1) is 0 Å². The number of likely N-dealkylation sites (tertiary alicyclic amines) is 1. The van der Waals surface area contributed by atoms with E-state index < -0.39 is 41.7 Å². The van der Waals surface area contributed by atoms with E-state index in [0.717, 1.165) is 18.2 Å². The average molecular weight is 407 g/mol. The summed E-state index contributed by atoms with van der Waals surface area (Å²) in [4.78, 5) is 14.1. The van der Waals surface area contributed by atoms with Crippen LogP contribution in [0, 0.1) is 23.4 Å². The highest BCUT2D eigenvalue weighted by Gasteiger charge is 2.45. The van der Waals surface area contributed by atoms with Gasteiger partial charge in [-0.1, -0.05) is 25.1 Å². The number of benzene rings is 2. The lowest BCUT2D eigenvalue weighted by Crippen LogP contribution is -2.49. The summed E-state index contributed by atoms with van der Waals surface area (Å²) in [6, 6.07) is 6.90. The summed E-state index contributed by atoms with van der Waals surface area (Å²) in [7, 11) is 0. The Morgan fingerprint density at radius 2 is 1.86 bits per heavy atom. The fourth-order valence-corrected chi connectivity index (χ4v) is 4.07. The zero-order chi connectivity index (χ0) is 20.7. The largest absolute Gasteiger partial charge is 0.368 e. The molecular formula is C22H21F4NO2. The van der Waals surface area contributed by atoms with Gasteiger partial charge in [0, 0.05) is 30.0 Å². The molecule has 4 atom stereocenters. The molecule has 0 aliphatic carbocycles. The summed E-state index contributed by atoms with van der Waals surface area (Å²) in [6.45, 7) is 2.17. The zero-order valence-electron chi connectivity index (χ0n) is 15.9. The Morgan fingerprint density at radius 1 is 1.17 bits per heavy atom. The second-order valence-corrected chi connectivity index (χ2v) is 7.72. The molecule has 154 valence electrons. The second kappa shape index (κ2) is 7.78. The molecule has 0 aromatic heterocycles. The minimum absolute atomic E-state index is 0.0407. The Bertz CT molecular complexity index is 911. The second-order valence-electron chi connectivity index (χ2n) is 7.72. The van der Waals surface area contributed by atoms with Crippen molar-refractivity contribution in [1.29, 1.82) is 0 Å². The highest BCUT2D eigenvalue weighted by Crippen LogP contribution is 2.34. The molecule has 3 nitrogen and oxygen atoms in total. The van der Waals surface area contributed by atoms with Gasteiger partial charge in [-0.3, -0.25) is 4.79 Å². The molecule has 2 aromatic rings. The van der Waals surface area contributed by atoms with E-state index in [1.54, 1.807) is 19.1 Å². The van der Waals surface area contributed by atoms with Crippen molar-refractivity contribution in [2.24, 2.45) is 5.92 Å². The summed E-state index contributed by atoms with van der Waals surface area (Å²) in [5, 5.41) is 0.